The lowest BCUT2D eigenvalue weighted by Crippen LogP contribution is -2.37. The zero-order valence-electron chi connectivity index (χ0n) is 19.5. The number of ether oxygens (including phenoxy) is 1. The van der Waals surface area contributed by atoms with Crippen LogP contribution < -0.4 is 26.2 Å². The second kappa shape index (κ2) is 9.53. The summed E-state index contributed by atoms with van der Waals surface area (Å²) in [6.07, 6.45) is 0.569. The third-order valence-corrected chi connectivity index (χ3v) is 6.01. The van der Waals surface area contributed by atoms with Crippen molar-refractivity contribution in [3.05, 3.63) is 81.3 Å². The maximum Gasteiger partial charge on any atom is 0.329 e. The summed E-state index contributed by atoms with van der Waals surface area (Å²) in [6, 6.07) is 16.3. The zero-order chi connectivity index (χ0) is 25.2. The summed E-state index contributed by atoms with van der Waals surface area (Å²) in [5.74, 6) is 1.51. The molecule has 2 aromatic heterocycles. The van der Waals surface area contributed by atoms with E-state index in [1.807, 2.05) is 42.5 Å². The number of benzene rings is 2. The molecule has 0 saturated carbocycles. The highest BCUT2D eigenvalue weighted by atomic mass is 16.5. The van der Waals surface area contributed by atoms with E-state index in [-0.39, 0.29) is 48.3 Å². The van der Waals surface area contributed by atoms with Gasteiger partial charge in [-0.3, -0.25) is 23.9 Å². The lowest BCUT2D eigenvalue weighted by molar-refractivity contribution is -0.121. The second-order valence-corrected chi connectivity index (χ2v) is 8.58. The highest BCUT2D eigenvalue weighted by Gasteiger charge is 2.31. The van der Waals surface area contributed by atoms with Crippen molar-refractivity contribution in [1.82, 2.24) is 24.8 Å². The van der Waals surface area contributed by atoms with Gasteiger partial charge in [-0.05, 0) is 36.4 Å². The van der Waals surface area contributed by atoms with Crippen LogP contribution in [0.15, 0.2) is 64.2 Å². The van der Waals surface area contributed by atoms with E-state index in [1.165, 1.54) is 11.6 Å². The van der Waals surface area contributed by atoms with Gasteiger partial charge in [-0.25, -0.2) is 9.78 Å². The SMILES string of the molecule is Cn1c(=O)[nH]c(=O)c2[nH]c(CCC(=O)NC3CC(=O)N(c4ccc(Oc5ccccc5)cc4)C3)nc21. The molecule has 0 spiro atoms. The van der Waals surface area contributed by atoms with Gasteiger partial charge in [-0.1, -0.05) is 18.2 Å². The molecule has 0 bridgehead atoms. The number of carbonyl (C=O) groups is 2. The van der Waals surface area contributed by atoms with E-state index in [0.29, 0.717) is 18.1 Å². The minimum absolute atomic E-state index is 0.0746. The van der Waals surface area contributed by atoms with E-state index < -0.39 is 11.2 Å². The van der Waals surface area contributed by atoms with Crippen molar-refractivity contribution < 1.29 is 14.3 Å². The fraction of sp³-hybridized carbons (Fsp3) is 0.240. The van der Waals surface area contributed by atoms with E-state index in [4.69, 9.17) is 4.74 Å². The van der Waals surface area contributed by atoms with Crippen molar-refractivity contribution in [3.8, 4) is 11.5 Å². The minimum atomic E-state index is -0.558. The molecule has 36 heavy (non-hydrogen) atoms. The molecular formula is C25H24N6O5. The van der Waals surface area contributed by atoms with Gasteiger partial charge >= 0.3 is 5.69 Å². The Morgan fingerprint density at radius 2 is 1.78 bits per heavy atom. The van der Waals surface area contributed by atoms with Crippen LogP contribution in [0.1, 0.15) is 18.7 Å². The largest absolute Gasteiger partial charge is 0.457 e. The van der Waals surface area contributed by atoms with Crippen LogP contribution in [0.5, 0.6) is 11.5 Å². The Morgan fingerprint density at radius 1 is 1.06 bits per heavy atom. The molecule has 11 nitrogen and oxygen atoms in total. The normalized spacial score (nSPS) is 15.4. The molecule has 1 fully saturated rings. The Balaban J connectivity index is 1.16. The smallest absolute Gasteiger partial charge is 0.329 e. The second-order valence-electron chi connectivity index (χ2n) is 8.58. The maximum atomic E-state index is 12.6. The number of fused-ring (bicyclic) bond motifs is 1. The fourth-order valence-corrected chi connectivity index (χ4v) is 4.18. The van der Waals surface area contributed by atoms with Gasteiger partial charge < -0.3 is 19.9 Å². The van der Waals surface area contributed by atoms with Crippen molar-refractivity contribution >= 4 is 28.7 Å². The van der Waals surface area contributed by atoms with Gasteiger partial charge in [0.2, 0.25) is 11.8 Å². The van der Waals surface area contributed by atoms with Crippen LogP contribution in [0.3, 0.4) is 0 Å². The molecule has 11 heteroatoms. The Kier molecular flexibility index (Phi) is 6.11. The molecular weight excluding hydrogens is 464 g/mol. The monoisotopic (exact) mass is 488 g/mol. The van der Waals surface area contributed by atoms with E-state index in [9.17, 15) is 19.2 Å². The summed E-state index contributed by atoms with van der Waals surface area (Å²) in [5.41, 5.74) is 0.0361. The van der Waals surface area contributed by atoms with Crippen LogP contribution in [0.4, 0.5) is 5.69 Å². The summed E-state index contributed by atoms with van der Waals surface area (Å²) >= 11 is 0. The molecule has 1 atom stereocenters. The summed E-state index contributed by atoms with van der Waals surface area (Å²) in [4.78, 5) is 59.8. The van der Waals surface area contributed by atoms with E-state index in [0.717, 1.165) is 11.4 Å². The first-order valence-electron chi connectivity index (χ1n) is 11.5. The van der Waals surface area contributed by atoms with Gasteiger partial charge in [-0.15, -0.1) is 0 Å². The van der Waals surface area contributed by atoms with Gasteiger partial charge in [0, 0.05) is 38.5 Å². The lowest BCUT2D eigenvalue weighted by Gasteiger charge is -2.18. The van der Waals surface area contributed by atoms with Gasteiger partial charge in [0.15, 0.2) is 5.65 Å². The topological polar surface area (TPSA) is 142 Å². The van der Waals surface area contributed by atoms with Gasteiger partial charge in [0.25, 0.3) is 5.56 Å². The molecule has 1 aliphatic rings. The summed E-state index contributed by atoms with van der Waals surface area (Å²) in [5, 5.41) is 2.90. The molecule has 1 unspecified atom stereocenters. The van der Waals surface area contributed by atoms with Crippen LogP contribution in [-0.2, 0) is 23.1 Å². The minimum Gasteiger partial charge on any atom is -0.457 e. The molecule has 0 aliphatic carbocycles. The highest BCUT2D eigenvalue weighted by Crippen LogP contribution is 2.27. The predicted molar refractivity (Wildman–Crippen MR) is 132 cm³/mol. The Labute approximate surface area is 204 Å². The fourth-order valence-electron chi connectivity index (χ4n) is 4.18. The lowest BCUT2D eigenvalue weighted by atomic mass is 10.2. The van der Waals surface area contributed by atoms with Crippen molar-refractivity contribution in [2.75, 3.05) is 11.4 Å². The number of anilines is 1. The number of amides is 2. The third-order valence-electron chi connectivity index (χ3n) is 6.01. The average Bonchev–Trinajstić information content (AvgIpc) is 3.46. The number of hydrogen-bond donors (Lipinski definition) is 3. The Hall–Kier alpha value is -4.67. The molecule has 2 aromatic carbocycles. The van der Waals surface area contributed by atoms with Gasteiger partial charge in [0.1, 0.15) is 22.8 Å². The van der Waals surface area contributed by atoms with Crippen molar-refractivity contribution in [2.24, 2.45) is 7.05 Å². The van der Waals surface area contributed by atoms with Crippen LogP contribution in [0.25, 0.3) is 11.2 Å². The molecule has 1 saturated heterocycles. The molecule has 0 radical (unpaired) electrons. The predicted octanol–water partition coefficient (Wildman–Crippen LogP) is 1.60. The zero-order valence-corrected chi connectivity index (χ0v) is 19.5. The number of nitrogens with one attached hydrogen (secondary N) is 3. The number of para-hydroxylation sites is 1. The summed E-state index contributed by atoms with van der Waals surface area (Å²) in [7, 11) is 1.50. The first-order chi connectivity index (χ1) is 17.4. The highest BCUT2D eigenvalue weighted by molar-refractivity contribution is 5.97. The molecule has 1 aliphatic heterocycles. The Morgan fingerprint density at radius 3 is 2.53 bits per heavy atom. The van der Waals surface area contributed by atoms with Crippen molar-refractivity contribution in [2.45, 2.75) is 25.3 Å². The molecule has 2 amide bonds. The first-order valence-corrected chi connectivity index (χ1v) is 11.5. The molecule has 3 N–H and O–H groups in total. The van der Waals surface area contributed by atoms with Crippen molar-refractivity contribution in [3.63, 3.8) is 0 Å². The molecule has 3 heterocycles. The number of H-pyrrole nitrogens is 2. The van der Waals surface area contributed by atoms with Crippen molar-refractivity contribution in [1.29, 1.82) is 0 Å². The molecule has 4 aromatic rings. The molecule has 184 valence electrons. The third kappa shape index (κ3) is 4.76. The number of aromatic amines is 2. The van der Waals surface area contributed by atoms with Gasteiger partial charge in [-0.2, -0.15) is 0 Å². The summed E-state index contributed by atoms with van der Waals surface area (Å²) < 4.78 is 7.03. The van der Waals surface area contributed by atoms with Crippen LogP contribution in [0, 0.1) is 0 Å². The van der Waals surface area contributed by atoms with E-state index in [1.54, 1.807) is 17.0 Å². The van der Waals surface area contributed by atoms with Crippen LogP contribution in [-0.4, -0.2) is 43.9 Å². The van der Waals surface area contributed by atoms with Gasteiger partial charge in [0.05, 0.1) is 6.04 Å². The number of nitrogens with zero attached hydrogens (tertiary/aromatic N) is 3. The van der Waals surface area contributed by atoms with E-state index >= 15 is 0 Å². The van der Waals surface area contributed by atoms with E-state index in [2.05, 4.69) is 20.3 Å². The quantitative estimate of drug-likeness (QED) is 0.361. The maximum absolute atomic E-state index is 12.6. The number of hydrogen-bond acceptors (Lipinski definition) is 6. The summed E-state index contributed by atoms with van der Waals surface area (Å²) in [6.45, 7) is 0.367. The number of aromatic nitrogens is 4. The molecule has 5 rings (SSSR count). The standard InChI is InChI=1S/C25H24N6O5/c1-30-23-22(24(34)29-25(30)35)27-19(28-23)11-12-20(32)26-15-13-21(33)31(14-15)16-7-9-18(10-8-16)36-17-5-3-2-4-6-17/h2-10,15H,11-14H2,1H3,(H,26,32)(H,27,28)(H,29,34,35). The number of imidazole rings is 1. The first kappa shape index (κ1) is 23.1. The number of carbonyl (C=O) groups excluding carboxylic acids is 2. The Bertz CT molecular complexity index is 1540. The van der Waals surface area contributed by atoms with Crippen LogP contribution >= 0.6 is 0 Å². The average molecular weight is 489 g/mol. The number of rotatable bonds is 7. The van der Waals surface area contributed by atoms with Crippen LogP contribution in [0.2, 0.25) is 0 Å². The number of aryl methyl sites for hydroxylation is 2.